The maximum Gasteiger partial charge on any atom is 0.304 e. The van der Waals surface area contributed by atoms with Crippen LogP contribution in [0.25, 0.3) is 0 Å². The third kappa shape index (κ3) is 17.9. The van der Waals surface area contributed by atoms with Gasteiger partial charge in [0.1, 0.15) is 0 Å². The lowest BCUT2D eigenvalue weighted by atomic mass is 10.3. The topological polar surface area (TPSA) is 50.3 Å². The molecule has 0 radical (unpaired) electrons. The van der Waals surface area contributed by atoms with Crippen LogP contribution in [0.3, 0.4) is 0 Å². The summed E-state index contributed by atoms with van der Waals surface area (Å²) in [5.74, 6) is -0.701. The molecule has 1 aliphatic heterocycles. The van der Waals surface area contributed by atoms with Crippen LogP contribution < -0.4 is 0 Å². The summed E-state index contributed by atoms with van der Waals surface area (Å²) in [7, 11) is 6.54. The van der Waals surface area contributed by atoms with E-state index in [4.69, 9.17) is 5.11 Å². The van der Waals surface area contributed by atoms with Crippen LogP contribution in [-0.4, -0.2) is 111 Å². The SMILES string of the molecule is CN1CCCN(C)CCN(CCC(=O)O)CCCN(C)CC1.Cl.Cl.Cl.Cl. The van der Waals surface area contributed by atoms with Crippen molar-refractivity contribution in [2.75, 3.05) is 80.0 Å². The van der Waals surface area contributed by atoms with Crippen LogP contribution >= 0.6 is 49.6 Å². The van der Waals surface area contributed by atoms with Gasteiger partial charge < -0.3 is 24.7 Å². The van der Waals surface area contributed by atoms with E-state index in [0.29, 0.717) is 6.54 Å². The molecule has 0 amide bonds. The predicted molar refractivity (Wildman–Crippen MR) is 119 cm³/mol. The monoisotopic (exact) mass is 458 g/mol. The number of carbonyl (C=O) groups is 1. The molecule has 0 aromatic carbocycles. The van der Waals surface area contributed by atoms with Crippen molar-refractivity contribution in [3.05, 3.63) is 0 Å². The molecule has 26 heavy (non-hydrogen) atoms. The standard InChI is InChI=1S/C16H34N4O2.4ClH/c1-17-7-4-8-19(3)14-15-20(11-6-16(21)22)10-5-9-18(2)13-12-17;;;;/h4-15H2,1-3H3,(H,21,22);4*1H. The van der Waals surface area contributed by atoms with Crippen molar-refractivity contribution < 1.29 is 9.90 Å². The summed E-state index contributed by atoms with van der Waals surface area (Å²) in [6.45, 7) is 9.16. The smallest absolute Gasteiger partial charge is 0.304 e. The van der Waals surface area contributed by atoms with Gasteiger partial charge in [0.2, 0.25) is 0 Å². The largest absolute Gasteiger partial charge is 0.481 e. The molecule has 0 atom stereocenters. The first-order valence-corrected chi connectivity index (χ1v) is 8.47. The Morgan fingerprint density at radius 2 is 1.08 bits per heavy atom. The van der Waals surface area contributed by atoms with Crippen molar-refractivity contribution in [2.24, 2.45) is 0 Å². The molecule has 1 fully saturated rings. The zero-order chi connectivity index (χ0) is 16.4. The van der Waals surface area contributed by atoms with Gasteiger partial charge in [-0.05, 0) is 60.2 Å². The number of rotatable bonds is 3. The van der Waals surface area contributed by atoms with Crippen molar-refractivity contribution >= 4 is 55.6 Å². The van der Waals surface area contributed by atoms with Crippen LogP contribution in [0.5, 0.6) is 0 Å². The number of hydrogen-bond donors (Lipinski definition) is 1. The molecule has 1 aliphatic rings. The quantitative estimate of drug-likeness (QED) is 0.696. The Labute approximate surface area is 184 Å². The minimum atomic E-state index is -0.701. The van der Waals surface area contributed by atoms with E-state index in [-0.39, 0.29) is 56.0 Å². The Balaban J connectivity index is -0.000000605. The van der Waals surface area contributed by atoms with E-state index in [2.05, 4.69) is 40.7 Å². The Bertz CT molecular complexity index is 331. The average Bonchev–Trinajstić information content (AvgIpc) is 2.46. The Morgan fingerprint density at radius 3 is 1.50 bits per heavy atom. The fourth-order valence-electron chi connectivity index (χ4n) is 2.75. The zero-order valence-electron chi connectivity index (χ0n) is 16.3. The summed E-state index contributed by atoms with van der Waals surface area (Å²) in [5.41, 5.74) is 0. The molecule has 0 bridgehead atoms. The Morgan fingerprint density at radius 1 is 0.692 bits per heavy atom. The van der Waals surface area contributed by atoms with E-state index >= 15 is 0 Å². The molecule has 10 heteroatoms. The molecular formula is C16H38Cl4N4O2. The lowest BCUT2D eigenvalue weighted by Gasteiger charge is -2.28. The van der Waals surface area contributed by atoms with Crippen molar-refractivity contribution in [3.63, 3.8) is 0 Å². The van der Waals surface area contributed by atoms with Gasteiger partial charge in [0.25, 0.3) is 0 Å². The third-order valence-electron chi connectivity index (χ3n) is 4.40. The Hall–Kier alpha value is 0.470. The number of likely N-dealkylation sites (N-methyl/N-ethyl adjacent to an activating group) is 3. The van der Waals surface area contributed by atoms with E-state index in [1.165, 1.54) is 6.42 Å². The fraction of sp³-hybridized carbons (Fsp3) is 0.938. The van der Waals surface area contributed by atoms with Gasteiger partial charge in [0.05, 0.1) is 6.42 Å². The van der Waals surface area contributed by atoms with E-state index in [1.807, 2.05) is 0 Å². The maximum absolute atomic E-state index is 10.8. The summed E-state index contributed by atoms with van der Waals surface area (Å²) in [5, 5.41) is 8.89. The fourth-order valence-corrected chi connectivity index (χ4v) is 2.75. The highest BCUT2D eigenvalue weighted by Crippen LogP contribution is 2.00. The number of carboxylic acid groups (broad SMARTS) is 1. The van der Waals surface area contributed by atoms with Gasteiger partial charge >= 0.3 is 5.97 Å². The zero-order valence-corrected chi connectivity index (χ0v) is 19.5. The molecule has 162 valence electrons. The molecule has 1 N–H and O–H groups in total. The van der Waals surface area contributed by atoms with Crippen molar-refractivity contribution in [1.29, 1.82) is 0 Å². The first-order valence-electron chi connectivity index (χ1n) is 8.47. The predicted octanol–water partition coefficient (Wildman–Crippen LogP) is 2.04. The molecule has 6 nitrogen and oxygen atoms in total. The lowest BCUT2D eigenvalue weighted by Crippen LogP contribution is -2.39. The summed E-state index contributed by atoms with van der Waals surface area (Å²) in [6.07, 6.45) is 2.53. The molecule has 1 rings (SSSR count). The number of carboxylic acids is 1. The maximum atomic E-state index is 10.8. The summed E-state index contributed by atoms with van der Waals surface area (Å²) in [4.78, 5) is 20.3. The summed E-state index contributed by atoms with van der Waals surface area (Å²) < 4.78 is 0. The lowest BCUT2D eigenvalue weighted by molar-refractivity contribution is -0.137. The van der Waals surface area contributed by atoms with Crippen LogP contribution in [0.2, 0.25) is 0 Å². The highest BCUT2D eigenvalue weighted by atomic mass is 35.5. The average molecular weight is 460 g/mol. The van der Waals surface area contributed by atoms with Gasteiger partial charge in [0.15, 0.2) is 0 Å². The molecule has 0 saturated carbocycles. The second-order valence-electron chi connectivity index (χ2n) is 6.60. The molecule has 0 aliphatic carbocycles. The van der Waals surface area contributed by atoms with Gasteiger partial charge in [-0.1, -0.05) is 0 Å². The normalized spacial score (nSPS) is 19.7. The van der Waals surface area contributed by atoms with Crippen molar-refractivity contribution in [1.82, 2.24) is 19.6 Å². The van der Waals surface area contributed by atoms with Gasteiger partial charge in [-0.2, -0.15) is 0 Å². The molecular weight excluding hydrogens is 422 g/mol. The summed E-state index contributed by atoms with van der Waals surface area (Å²) in [6, 6.07) is 0. The van der Waals surface area contributed by atoms with E-state index in [1.54, 1.807) is 0 Å². The first-order chi connectivity index (χ1) is 10.5. The highest BCUT2D eigenvalue weighted by molar-refractivity contribution is 5.86. The molecule has 1 saturated heterocycles. The number of halogens is 4. The van der Waals surface area contributed by atoms with E-state index < -0.39 is 5.97 Å². The van der Waals surface area contributed by atoms with Gasteiger partial charge in [0, 0.05) is 32.7 Å². The minimum absolute atomic E-state index is 0. The number of aliphatic carboxylic acids is 1. The van der Waals surface area contributed by atoms with Crippen LogP contribution in [0.1, 0.15) is 19.3 Å². The van der Waals surface area contributed by atoms with Crippen LogP contribution in [-0.2, 0) is 4.79 Å². The van der Waals surface area contributed by atoms with Crippen LogP contribution in [0, 0.1) is 0 Å². The van der Waals surface area contributed by atoms with Gasteiger partial charge in [-0.15, -0.1) is 49.6 Å². The van der Waals surface area contributed by atoms with Crippen LogP contribution in [0.4, 0.5) is 0 Å². The molecule has 1 heterocycles. The minimum Gasteiger partial charge on any atom is -0.481 e. The van der Waals surface area contributed by atoms with E-state index in [0.717, 1.165) is 58.8 Å². The Kier molecular flexibility index (Phi) is 26.4. The molecule has 0 spiro atoms. The first kappa shape index (κ1) is 34.0. The highest BCUT2D eigenvalue weighted by Gasteiger charge is 2.11. The van der Waals surface area contributed by atoms with E-state index in [9.17, 15) is 4.79 Å². The van der Waals surface area contributed by atoms with Crippen LogP contribution in [0.15, 0.2) is 0 Å². The molecule has 0 unspecified atom stereocenters. The second-order valence-corrected chi connectivity index (χ2v) is 6.60. The van der Waals surface area contributed by atoms with Gasteiger partial charge in [-0.25, -0.2) is 0 Å². The number of hydrogen-bond acceptors (Lipinski definition) is 5. The number of nitrogens with zero attached hydrogens (tertiary/aromatic N) is 4. The molecule has 0 aromatic heterocycles. The molecule has 0 aromatic rings. The second kappa shape index (κ2) is 20.2. The van der Waals surface area contributed by atoms with Crippen molar-refractivity contribution in [2.45, 2.75) is 19.3 Å². The summed E-state index contributed by atoms with van der Waals surface area (Å²) >= 11 is 0. The third-order valence-corrected chi connectivity index (χ3v) is 4.40. The van der Waals surface area contributed by atoms with Gasteiger partial charge in [-0.3, -0.25) is 4.79 Å². The van der Waals surface area contributed by atoms with Crippen molar-refractivity contribution in [3.8, 4) is 0 Å².